The molecule has 1 amide bonds. The first-order chi connectivity index (χ1) is 13.3. The standard InChI is InChI=1S/C21H18N4OS/c26-18(22-11-15-7-3-1-4-8-15)13-27-21-20-19(24-14-25-21)17(12-23-20)16-9-5-2-6-10-16/h1-10,12,14,23H,11,13H2,(H,22,26). The molecule has 2 N–H and O–H groups in total. The van der Waals surface area contributed by atoms with Crippen LogP contribution >= 0.6 is 11.8 Å². The van der Waals surface area contributed by atoms with E-state index in [1.54, 1.807) is 6.33 Å². The number of H-pyrrole nitrogens is 1. The molecule has 134 valence electrons. The van der Waals surface area contributed by atoms with Crippen molar-refractivity contribution in [2.75, 3.05) is 5.75 Å². The zero-order chi connectivity index (χ0) is 18.5. The fourth-order valence-corrected chi connectivity index (χ4v) is 3.64. The maximum atomic E-state index is 12.2. The van der Waals surface area contributed by atoms with Crippen molar-refractivity contribution in [3.8, 4) is 11.1 Å². The van der Waals surface area contributed by atoms with Crippen LogP contribution in [-0.4, -0.2) is 26.6 Å². The predicted octanol–water partition coefficient (Wildman–Crippen LogP) is 4.03. The van der Waals surface area contributed by atoms with E-state index in [0.717, 1.165) is 32.7 Å². The highest BCUT2D eigenvalue weighted by molar-refractivity contribution is 8.00. The topological polar surface area (TPSA) is 70.7 Å². The molecule has 0 aliphatic carbocycles. The maximum Gasteiger partial charge on any atom is 0.230 e. The zero-order valence-electron chi connectivity index (χ0n) is 14.6. The molecule has 2 aromatic carbocycles. The van der Waals surface area contributed by atoms with E-state index in [2.05, 4.69) is 32.4 Å². The second kappa shape index (κ2) is 8.05. The first-order valence-corrected chi connectivity index (χ1v) is 9.61. The summed E-state index contributed by atoms with van der Waals surface area (Å²) in [7, 11) is 0. The molecule has 0 aliphatic rings. The van der Waals surface area contributed by atoms with Crippen molar-refractivity contribution in [1.29, 1.82) is 0 Å². The molecule has 0 saturated heterocycles. The Labute approximate surface area is 161 Å². The van der Waals surface area contributed by atoms with Gasteiger partial charge >= 0.3 is 0 Å². The zero-order valence-corrected chi connectivity index (χ0v) is 15.4. The Morgan fingerprint density at radius 3 is 2.52 bits per heavy atom. The van der Waals surface area contributed by atoms with Gasteiger partial charge in [0.1, 0.15) is 16.9 Å². The van der Waals surface area contributed by atoms with E-state index in [0.29, 0.717) is 12.3 Å². The molecule has 0 atom stereocenters. The van der Waals surface area contributed by atoms with Crippen LogP contribution in [0, 0.1) is 0 Å². The summed E-state index contributed by atoms with van der Waals surface area (Å²) in [5.41, 5.74) is 4.93. The minimum absolute atomic E-state index is 0.0227. The van der Waals surface area contributed by atoms with Gasteiger partial charge in [-0.1, -0.05) is 72.4 Å². The molecule has 6 heteroatoms. The van der Waals surface area contributed by atoms with E-state index in [1.807, 2.05) is 54.7 Å². The summed E-state index contributed by atoms with van der Waals surface area (Å²) in [6, 6.07) is 20.0. The van der Waals surface area contributed by atoms with Crippen LogP contribution in [0.15, 0.2) is 78.2 Å². The minimum atomic E-state index is -0.0227. The SMILES string of the molecule is O=C(CSc1ncnc2c(-c3ccccc3)c[nH]c12)NCc1ccccc1. The lowest BCUT2D eigenvalue weighted by atomic mass is 10.1. The number of thioether (sulfide) groups is 1. The number of aromatic amines is 1. The van der Waals surface area contributed by atoms with Gasteiger partial charge in [-0.15, -0.1) is 0 Å². The van der Waals surface area contributed by atoms with E-state index in [-0.39, 0.29) is 5.91 Å². The lowest BCUT2D eigenvalue weighted by Crippen LogP contribution is -2.24. The van der Waals surface area contributed by atoms with E-state index >= 15 is 0 Å². The molecule has 5 nitrogen and oxygen atoms in total. The Kier molecular flexibility index (Phi) is 5.16. The number of carbonyl (C=O) groups is 1. The fraction of sp³-hybridized carbons (Fsp3) is 0.0952. The highest BCUT2D eigenvalue weighted by Crippen LogP contribution is 2.31. The Bertz CT molecular complexity index is 1050. The van der Waals surface area contributed by atoms with Crippen molar-refractivity contribution in [1.82, 2.24) is 20.3 Å². The van der Waals surface area contributed by atoms with Crippen molar-refractivity contribution in [3.05, 3.63) is 78.8 Å². The van der Waals surface area contributed by atoms with Gasteiger partial charge in [0.05, 0.1) is 11.3 Å². The third-order valence-corrected chi connectivity index (χ3v) is 5.18. The summed E-state index contributed by atoms with van der Waals surface area (Å²) in [6.45, 7) is 0.528. The van der Waals surface area contributed by atoms with Gasteiger partial charge in [-0.2, -0.15) is 0 Å². The van der Waals surface area contributed by atoms with Gasteiger partial charge in [-0.3, -0.25) is 4.79 Å². The molecule has 0 fully saturated rings. The molecule has 0 saturated carbocycles. The van der Waals surface area contributed by atoms with Gasteiger partial charge in [-0.25, -0.2) is 9.97 Å². The Morgan fingerprint density at radius 2 is 1.74 bits per heavy atom. The average Bonchev–Trinajstić information content (AvgIpc) is 3.17. The van der Waals surface area contributed by atoms with Crippen molar-refractivity contribution < 1.29 is 4.79 Å². The van der Waals surface area contributed by atoms with E-state index < -0.39 is 0 Å². The number of fused-ring (bicyclic) bond motifs is 1. The molecule has 4 rings (SSSR count). The van der Waals surface area contributed by atoms with Crippen molar-refractivity contribution in [2.45, 2.75) is 11.6 Å². The van der Waals surface area contributed by atoms with Crippen LogP contribution in [0.3, 0.4) is 0 Å². The number of benzene rings is 2. The summed E-state index contributed by atoms with van der Waals surface area (Å²) < 4.78 is 0. The van der Waals surface area contributed by atoms with E-state index in [9.17, 15) is 4.79 Å². The number of nitrogens with one attached hydrogen (secondary N) is 2. The first kappa shape index (κ1) is 17.3. The summed E-state index contributed by atoms with van der Waals surface area (Å²) in [5.74, 6) is 0.281. The van der Waals surface area contributed by atoms with Gasteiger partial charge in [0.15, 0.2) is 0 Å². The third-order valence-electron chi connectivity index (χ3n) is 4.19. The number of hydrogen-bond donors (Lipinski definition) is 2. The van der Waals surface area contributed by atoms with Gasteiger partial charge in [0, 0.05) is 18.3 Å². The van der Waals surface area contributed by atoms with Gasteiger partial charge in [0.25, 0.3) is 0 Å². The minimum Gasteiger partial charge on any atom is -0.357 e. The van der Waals surface area contributed by atoms with Crippen LogP contribution in [0.5, 0.6) is 0 Å². The first-order valence-electron chi connectivity index (χ1n) is 8.62. The van der Waals surface area contributed by atoms with Crippen molar-refractivity contribution >= 4 is 28.7 Å². The maximum absolute atomic E-state index is 12.2. The summed E-state index contributed by atoms with van der Waals surface area (Å²) in [5, 5.41) is 3.71. The highest BCUT2D eigenvalue weighted by Gasteiger charge is 2.13. The molecule has 4 aromatic rings. The number of aromatic nitrogens is 3. The van der Waals surface area contributed by atoms with Crippen LogP contribution in [0.25, 0.3) is 22.2 Å². The fourth-order valence-electron chi connectivity index (χ4n) is 2.85. The molecule has 0 aliphatic heterocycles. The quantitative estimate of drug-likeness (QED) is 0.395. The van der Waals surface area contributed by atoms with Crippen molar-refractivity contribution in [2.24, 2.45) is 0 Å². The Balaban J connectivity index is 1.45. The summed E-state index contributed by atoms with van der Waals surface area (Å²) in [4.78, 5) is 24.2. The molecule has 2 heterocycles. The lowest BCUT2D eigenvalue weighted by Gasteiger charge is -2.05. The molecule has 2 aromatic heterocycles. The highest BCUT2D eigenvalue weighted by atomic mass is 32.2. The molecular weight excluding hydrogens is 356 g/mol. The molecular formula is C21H18N4OS. The summed E-state index contributed by atoms with van der Waals surface area (Å²) in [6.07, 6.45) is 3.49. The van der Waals surface area contributed by atoms with Crippen LogP contribution in [0.4, 0.5) is 0 Å². The molecule has 0 unspecified atom stereocenters. The number of nitrogens with zero attached hydrogens (tertiary/aromatic N) is 2. The smallest absolute Gasteiger partial charge is 0.230 e. The Morgan fingerprint density at radius 1 is 1.00 bits per heavy atom. The van der Waals surface area contributed by atoms with Gasteiger partial charge in [0.2, 0.25) is 5.91 Å². The number of amides is 1. The molecule has 0 bridgehead atoms. The second-order valence-corrected chi connectivity index (χ2v) is 6.99. The van der Waals surface area contributed by atoms with E-state index in [1.165, 1.54) is 11.8 Å². The van der Waals surface area contributed by atoms with Crippen LogP contribution in [0.2, 0.25) is 0 Å². The number of hydrogen-bond acceptors (Lipinski definition) is 4. The van der Waals surface area contributed by atoms with Gasteiger partial charge in [-0.05, 0) is 11.1 Å². The monoisotopic (exact) mass is 374 g/mol. The molecule has 0 radical (unpaired) electrons. The number of carbonyl (C=O) groups excluding carboxylic acids is 1. The average molecular weight is 374 g/mol. The van der Waals surface area contributed by atoms with Crippen LogP contribution in [0.1, 0.15) is 5.56 Å². The predicted molar refractivity (Wildman–Crippen MR) is 108 cm³/mol. The Hall–Kier alpha value is -3.12. The van der Waals surface area contributed by atoms with Crippen LogP contribution in [-0.2, 0) is 11.3 Å². The summed E-state index contributed by atoms with van der Waals surface area (Å²) >= 11 is 1.41. The second-order valence-electron chi connectivity index (χ2n) is 6.02. The largest absolute Gasteiger partial charge is 0.357 e. The van der Waals surface area contributed by atoms with Crippen LogP contribution < -0.4 is 5.32 Å². The molecule has 0 spiro atoms. The van der Waals surface area contributed by atoms with E-state index in [4.69, 9.17) is 0 Å². The number of rotatable bonds is 6. The van der Waals surface area contributed by atoms with Gasteiger partial charge < -0.3 is 10.3 Å². The molecule has 27 heavy (non-hydrogen) atoms. The third kappa shape index (κ3) is 4.01. The lowest BCUT2D eigenvalue weighted by molar-refractivity contribution is -0.118. The normalized spacial score (nSPS) is 10.8. The van der Waals surface area contributed by atoms with Crippen molar-refractivity contribution in [3.63, 3.8) is 0 Å².